The van der Waals surface area contributed by atoms with Gasteiger partial charge in [0.05, 0.1) is 13.1 Å². The highest BCUT2D eigenvalue weighted by Crippen LogP contribution is 2.15. The molecular formula is C15H16N4O5. The van der Waals surface area contributed by atoms with Crippen LogP contribution in [0.3, 0.4) is 0 Å². The van der Waals surface area contributed by atoms with Gasteiger partial charge in [-0.25, -0.2) is 9.69 Å². The van der Waals surface area contributed by atoms with E-state index in [0.717, 1.165) is 4.90 Å². The zero-order chi connectivity index (χ0) is 17.7. The third kappa shape index (κ3) is 3.75. The molecule has 1 saturated heterocycles. The molecule has 2 rings (SSSR count). The van der Waals surface area contributed by atoms with Gasteiger partial charge < -0.3 is 10.6 Å². The van der Waals surface area contributed by atoms with E-state index in [9.17, 15) is 24.0 Å². The van der Waals surface area contributed by atoms with Crippen molar-refractivity contribution < 1.29 is 24.0 Å². The third-order valence-electron chi connectivity index (χ3n) is 3.35. The van der Waals surface area contributed by atoms with Crippen molar-refractivity contribution in [2.45, 2.75) is 6.54 Å². The van der Waals surface area contributed by atoms with E-state index in [1.54, 1.807) is 30.3 Å². The van der Waals surface area contributed by atoms with Crippen LogP contribution in [0.2, 0.25) is 0 Å². The number of hydrogen-bond donors (Lipinski definition) is 2. The Kier molecular flexibility index (Phi) is 5.25. The lowest BCUT2D eigenvalue weighted by Crippen LogP contribution is -2.44. The Hall–Kier alpha value is -3.23. The maximum absolute atomic E-state index is 12.2. The Morgan fingerprint density at radius 1 is 0.958 bits per heavy atom. The van der Waals surface area contributed by atoms with Gasteiger partial charge in [0.2, 0.25) is 11.8 Å². The maximum Gasteiger partial charge on any atom is 0.335 e. The Morgan fingerprint density at radius 2 is 1.58 bits per heavy atom. The fourth-order valence-electron chi connectivity index (χ4n) is 2.06. The monoisotopic (exact) mass is 332 g/mol. The summed E-state index contributed by atoms with van der Waals surface area (Å²) in [5.41, 5.74) is 0.679. The fourth-order valence-corrected chi connectivity index (χ4v) is 2.06. The lowest BCUT2D eigenvalue weighted by Gasteiger charge is -2.15. The van der Waals surface area contributed by atoms with E-state index in [2.05, 4.69) is 10.6 Å². The topological polar surface area (TPSA) is 116 Å². The van der Waals surface area contributed by atoms with Crippen LogP contribution in [-0.2, 0) is 25.7 Å². The number of urea groups is 1. The van der Waals surface area contributed by atoms with E-state index >= 15 is 0 Å². The van der Waals surface area contributed by atoms with E-state index in [0.29, 0.717) is 10.5 Å². The molecular weight excluding hydrogens is 316 g/mol. The molecule has 1 aromatic rings. The Morgan fingerprint density at radius 3 is 2.21 bits per heavy atom. The van der Waals surface area contributed by atoms with Crippen LogP contribution in [0.1, 0.15) is 5.56 Å². The first kappa shape index (κ1) is 17.1. The van der Waals surface area contributed by atoms with Crippen LogP contribution >= 0.6 is 0 Å². The molecule has 1 aliphatic heterocycles. The standard InChI is InChI=1S/C15H16N4O5/c1-16-11(20)7-17-12(21)9-19-14(23)13(22)18(15(19)24)8-10-5-3-2-4-6-10/h2-6H,7-9H2,1H3,(H,16,20)(H,17,21). The molecule has 1 aromatic carbocycles. The van der Waals surface area contributed by atoms with E-state index in [1.165, 1.54) is 7.05 Å². The van der Waals surface area contributed by atoms with Gasteiger partial charge in [-0.1, -0.05) is 30.3 Å². The fraction of sp³-hybridized carbons (Fsp3) is 0.267. The van der Waals surface area contributed by atoms with Gasteiger partial charge in [-0.3, -0.25) is 24.1 Å². The summed E-state index contributed by atoms with van der Waals surface area (Å²) in [4.78, 5) is 60.2. The summed E-state index contributed by atoms with van der Waals surface area (Å²) >= 11 is 0. The summed E-state index contributed by atoms with van der Waals surface area (Å²) in [6.07, 6.45) is 0. The highest BCUT2D eigenvalue weighted by atomic mass is 16.2. The van der Waals surface area contributed by atoms with Crippen LogP contribution in [0.25, 0.3) is 0 Å². The average molecular weight is 332 g/mol. The molecule has 0 aromatic heterocycles. The summed E-state index contributed by atoms with van der Waals surface area (Å²) < 4.78 is 0. The van der Waals surface area contributed by atoms with Crippen molar-refractivity contribution in [1.29, 1.82) is 0 Å². The Labute approximate surface area is 137 Å². The number of hydrogen-bond acceptors (Lipinski definition) is 5. The molecule has 9 heteroatoms. The molecule has 0 unspecified atom stereocenters. The largest absolute Gasteiger partial charge is 0.358 e. The predicted molar refractivity (Wildman–Crippen MR) is 81.2 cm³/mol. The normalized spacial score (nSPS) is 14.1. The molecule has 0 atom stereocenters. The summed E-state index contributed by atoms with van der Waals surface area (Å²) in [5.74, 6) is -3.19. The molecule has 126 valence electrons. The number of likely N-dealkylation sites (N-methyl/N-ethyl adjacent to an activating group) is 1. The van der Waals surface area contributed by atoms with Crippen molar-refractivity contribution in [3.8, 4) is 0 Å². The number of nitrogens with zero attached hydrogens (tertiary/aromatic N) is 2. The zero-order valence-corrected chi connectivity index (χ0v) is 12.9. The molecule has 0 bridgehead atoms. The van der Waals surface area contributed by atoms with Crippen molar-refractivity contribution in [3.05, 3.63) is 35.9 Å². The highest BCUT2D eigenvalue weighted by Gasteiger charge is 2.45. The molecule has 9 nitrogen and oxygen atoms in total. The summed E-state index contributed by atoms with van der Waals surface area (Å²) in [5, 5.41) is 4.56. The van der Waals surface area contributed by atoms with Crippen LogP contribution in [0.5, 0.6) is 0 Å². The van der Waals surface area contributed by atoms with E-state index in [1.807, 2.05) is 0 Å². The molecule has 0 spiro atoms. The summed E-state index contributed by atoms with van der Waals surface area (Å²) in [6.45, 7) is -0.959. The molecule has 1 fully saturated rings. The van der Waals surface area contributed by atoms with Gasteiger partial charge in [0, 0.05) is 7.05 Å². The number of imide groups is 2. The molecule has 2 N–H and O–H groups in total. The second-order valence-corrected chi connectivity index (χ2v) is 5.00. The minimum Gasteiger partial charge on any atom is -0.358 e. The van der Waals surface area contributed by atoms with Gasteiger partial charge in [0.15, 0.2) is 0 Å². The van der Waals surface area contributed by atoms with Gasteiger partial charge in [0.1, 0.15) is 6.54 Å². The first-order valence-corrected chi connectivity index (χ1v) is 7.12. The van der Waals surface area contributed by atoms with Crippen LogP contribution < -0.4 is 10.6 Å². The number of benzene rings is 1. The molecule has 0 radical (unpaired) electrons. The van der Waals surface area contributed by atoms with Crippen LogP contribution in [0.15, 0.2) is 30.3 Å². The zero-order valence-electron chi connectivity index (χ0n) is 12.9. The van der Waals surface area contributed by atoms with Crippen LogP contribution in [0, 0.1) is 0 Å². The minimum atomic E-state index is -1.06. The van der Waals surface area contributed by atoms with Gasteiger partial charge in [-0.2, -0.15) is 0 Å². The Balaban J connectivity index is 2.00. The number of carbonyl (C=O) groups excluding carboxylic acids is 5. The summed E-state index contributed by atoms with van der Waals surface area (Å²) in [6, 6.07) is 7.83. The van der Waals surface area contributed by atoms with Gasteiger partial charge >= 0.3 is 17.8 Å². The van der Waals surface area contributed by atoms with Crippen molar-refractivity contribution in [3.63, 3.8) is 0 Å². The molecule has 1 aliphatic rings. The number of amides is 6. The SMILES string of the molecule is CNC(=O)CNC(=O)CN1C(=O)C(=O)N(Cc2ccccc2)C1=O. The first-order chi connectivity index (χ1) is 11.4. The van der Waals surface area contributed by atoms with E-state index < -0.39 is 36.2 Å². The second kappa shape index (κ2) is 7.36. The highest BCUT2D eigenvalue weighted by molar-refractivity contribution is 6.44. The molecule has 1 heterocycles. The first-order valence-electron chi connectivity index (χ1n) is 7.12. The third-order valence-corrected chi connectivity index (χ3v) is 3.35. The smallest absolute Gasteiger partial charge is 0.335 e. The molecule has 0 saturated carbocycles. The van der Waals surface area contributed by atoms with Crippen molar-refractivity contribution in [2.75, 3.05) is 20.1 Å². The van der Waals surface area contributed by atoms with Crippen molar-refractivity contribution in [2.24, 2.45) is 0 Å². The lowest BCUT2D eigenvalue weighted by atomic mass is 10.2. The second-order valence-electron chi connectivity index (χ2n) is 5.00. The van der Waals surface area contributed by atoms with Crippen LogP contribution in [-0.4, -0.2) is 59.6 Å². The summed E-state index contributed by atoms with van der Waals surface area (Å²) in [7, 11) is 1.40. The van der Waals surface area contributed by atoms with Gasteiger partial charge in [-0.05, 0) is 5.56 Å². The molecule has 0 aliphatic carbocycles. The molecule has 24 heavy (non-hydrogen) atoms. The predicted octanol–water partition coefficient (Wildman–Crippen LogP) is -1.16. The lowest BCUT2D eigenvalue weighted by molar-refractivity contribution is -0.144. The van der Waals surface area contributed by atoms with E-state index in [4.69, 9.17) is 0 Å². The van der Waals surface area contributed by atoms with Crippen molar-refractivity contribution >= 4 is 29.7 Å². The van der Waals surface area contributed by atoms with Gasteiger partial charge in [0.25, 0.3) is 0 Å². The maximum atomic E-state index is 12.2. The Bertz CT molecular complexity index is 688. The number of carbonyl (C=O) groups is 5. The van der Waals surface area contributed by atoms with Gasteiger partial charge in [-0.15, -0.1) is 0 Å². The number of rotatable bonds is 6. The number of nitrogens with one attached hydrogen (secondary N) is 2. The quantitative estimate of drug-likeness (QED) is 0.503. The van der Waals surface area contributed by atoms with Crippen LogP contribution in [0.4, 0.5) is 4.79 Å². The van der Waals surface area contributed by atoms with E-state index in [-0.39, 0.29) is 13.1 Å². The molecule has 6 amide bonds. The average Bonchev–Trinajstić information content (AvgIpc) is 2.78. The minimum absolute atomic E-state index is 0.0550. The van der Waals surface area contributed by atoms with Crippen molar-refractivity contribution in [1.82, 2.24) is 20.4 Å².